The molecule has 0 aromatic carbocycles. The number of hydrogen-bond acceptors (Lipinski definition) is 6. The topological polar surface area (TPSA) is 50.7 Å². The van der Waals surface area contributed by atoms with Crippen molar-refractivity contribution in [2.24, 2.45) is 0 Å². The zero-order valence-electron chi connectivity index (χ0n) is 7.02. The third kappa shape index (κ3) is 2.22. The predicted octanol–water partition coefficient (Wildman–Crippen LogP) is 1.92. The summed E-state index contributed by atoms with van der Waals surface area (Å²) >= 11 is 3.19. The number of aryl methyl sites for hydroxylation is 1. The molecule has 13 heavy (non-hydrogen) atoms. The van der Waals surface area contributed by atoms with E-state index in [0.29, 0.717) is 0 Å². The van der Waals surface area contributed by atoms with E-state index in [2.05, 4.69) is 20.5 Å². The largest absolute Gasteiger partial charge is 0.355 e. The molecule has 0 unspecified atom stereocenters. The van der Waals surface area contributed by atoms with Crippen LogP contribution in [-0.2, 0) is 6.54 Å². The summed E-state index contributed by atoms with van der Waals surface area (Å²) in [5.74, 6) is 0. The number of hydrogen-bond donors (Lipinski definition) is 1. The molecule has 0 saturated heterocycles. The van der Waals surface area contributed by atoms with E-state index in [0.717, 1.165) is 16.7 Å². The third-order valence-electron chi connectivity index (χ3n) is 1.42. The Balaban J connectivity index is 1.93. The fourth-order valence-electron chi connectivity index (χ4n) is 0.860. The summed E-state index contributed by atoms with van der Waals surface area (Å²) in [6.45, 7) is 2.72. The monoisotopic (exact) mass is 212 g/mol. The van der Waals surface area contributed by atoms with E-state index in [9.17, 15) is 0 Å². The Bertz CT molecular complexity index is 368. The average Bonchev–Trinajstić information content (AvgIpc) is 2.71. The summed E-state index contributed by atoms with van der Waals surface area (Å²) in [6, 6.07) is 0. The van der Waals surface area contributed by atoms with Crippen molar-refractivity contribution in [1.29, 1.82) is 0 Å². The predicted molar refractivity (Wildman–Crippen MR) is 54.1 cm³/mol. The fourth-order valence-corrected chi connectivity index (χ4v) is 1.98. The Morgan fingerprint density at radius 2 is 2.38 bits per heavy atom. The maximum absolute atomic E-state index is 3.99. The highest BCUT2D eigenvalue weighted by Gasteiger charge is 1.99. The van der Waals surface area contributed by atoms with Gasteiger partial charge in [-0.05, 0) is 6.92 Å². The lowest BCUT2D eigenvalue weighted by Gasteiger charge is -1.96. The Kier molecular flexibility index (Phi) is 2.51. The number of nitrogens with zero attached hydrogens (tertiary/aromatic N) is 3. The molecule has 0 fully saturated rings. The maximum atomic E-state index is 3.99. The molecular formula is C7H8N4S2. The lowest BCUT2D eigenvalue weighted by atomic mass is 10.5. The molecule has 0 aliphatic rings. The highest BCUT2D eigenvalue weighted by molar-refractivity contribution is 7.15. The number of aromatic nitrogens is 3. The van der Waals surface area contributed by atoms with Crippen LogP contribution in [-0.4, -0.2) is 15.2 Å². The van der Waals surface area contributed by atoms with Crippen LogP contribution in [0.5, 0.6) is 0 Å². The molecule has 0 amide bonds. The van der Waals surface area contributed by atoms with E-state index in [1.165, 1.54) is 4.88 Å². The summed E-state index contributed by atoms with van der Waals surface area (Å²) in [7, 11) is 0. The summed E-state index contributed by atoms with van der Waals surface area (Å²) in [5.41, 5.74) is 1.82. The first-order chi connectivity index (χ1) is 6.34. The Labute approximate surface area is 83.7 Å². The lowest BCUT2D eigenvalue weighted by Crippen LogP contribution is -1.96. The van der Waals surface area contributed by atoms with Gasteiger partial charge in [-0.3, -0.25) is 4.98 Å². The summed E-state index contributed by atoms with van der Waals surface area (Å²) in [6.07, 6.45) is 1.85. The molecule has 1 N–H and O–H groups in total. The molecule has 2 aromatic heterocycles. The van der Waals surface area contributed by atoms with E-state index in [1.807, 2.05) is 18.6 Å². The highest BCUT2D eigenvalue weighted by atomic mass is 32.1. The Morgan fingerprint density at radius 1 is 1.46 bits per heavy atom. The average molecular weight is 212 g/mol. The second-order valence-electron chi connectivity index (χ2n) is 2.45. The van der Waals surface area contributed by atoms with Crippen LogP contribution >= 0.6 is 22.7 Å². The normalized spacial score (nSPS) is 10.2. The van der Waals surface area contributed by atoms with Gasteiger partial charge in [0.05, 0.1) is 12.1 Å². The first-order valence-electron chi connectivity index (χ1n) is 3.76. The fraction of sp³-hybridized carbons (Fsp3) is 0.286. The molecule has 68 valence electrons. The second kappa shape index (κ2) is 3.80. The van der Waals surface area contributed by atoms with Crippen molar-refractivity contribution in [3.63, 3.8) is 0 Å². The minimum atomic E-state index is 0.777. The van der Waals surface area contributed by atoms with Gasteiger partial charge >= 0.3 is 0 Å². The zero-order chi connectivity index (χ0) is 9.10. The van der Waals surface area contributed by atoms with Gasteiger partial charge in [0.15, 0.2) is 0 Å². The van der Waals surface area contributed by atoms with E-state index in [4.69, 9.17) is 0 Å². The molecule has 0 atom stereocenters. The van der Waals surface area contributed by atoms with E-state index in [-0.39, 0.29) is 0 Å². The number of nitrogens with one attached hydrogen (secondary N) is 1. The van der Waals surface area contributed by atoms with Crippen molar-refractivity contribution < 1.29 is 0 Å². The first-order valence-corrected chi connectivity index (χ1v) is 5.45. The Morgan fingerprint density at radius 3 is 3.00 bits per heavy atom. The van der Waals surface area contributed by atoms with Crippen LogP contribution in [0.25, 0.3) is 0 Å². The van der Waals surface area contributed by atoms with Crippen LogP contribution in [0.2, 0.25) is 0 Å². The van der Waals surface area contributed by atoms with Crippen LogP contribution in [0.4, 0.5) is 5.13 Å². The van der Waals surface area contributed by atoms with Crippen LogP contribution in [0, 0.1) is 6.92 Å². The first kappa shape index (κ1) is 8.58. The van der Waals surface area contributed by atoms with Gasteiger partial charge in [0.25, 0.3) is 0 Å². The van der Waals surface area contributed by atoms with E-state index in [1.54, 1.807) is 22.7 Å². The van der Waals surface area contributed by atoms with Gasteiger partial charge in [-0.25, -0.2) is 0 Å². The third-order valence-corrected chi connectivity index (χ3v) is 3.00. The lowest BCUT2D eigenvalue weighted by molar-refractivity contribution is 1.03. The van der Waals surface area contributed by atoms with Crippen LogP contribution < -0.4 is 5.32 Å². The smallest absolute Gasteiger partial charge is 0.205 e. The van der Waals surface area contributed by atoms with Gasteiger partial charge in [0.2, 0.25) is 5.13 Å². The molecule has 2 rings (SSSR count). The van der Waals surface area contributed by atoms with Crippen molar-refractivity contribution in [2.45, 2.75) is 13.5 Å². The summed E-state index contributed by atoms with van der Waals surface area (Å²) in [5, 5.41) is 12.9. The van der Waals surface area contributed by atoms with Crippen molar-refractivity contribution in [3.05, 3.63) is 21.6 Å². The molecule has 0 spiro atoms. The molecule has 0 bridgehead atoms. The standard InChI is InChI=1S/C7H8N4S2/c1-5-10-11-7(13-5)9-3-6-2-8-4-12-6/h2,4H,3H2,1H3,(H,9,11). The summed E-state index contributed by atoms with van der Waals surface area (Å²) < 4.78 is 0. The molecular weight excluding hydrogens is 204 g/mol. The molecule has 0 radical (unpaired) electrons. The van der Waals surface area contributed by atoms with Gasteiger partial charge < -0.3 is 5.32 Å². The van der Waals surface area contributed by atoms with Crippen molar-refractivity contribution in [2.75, 3.05) is 5.32 Å². The van der Waals surface area contributed by atoms with Crippen molar-refractivity contribution in [1.82, 2.24) is 15.2 Å². The molecule has 2 heterocycles. The van der Waals surface area contributed by atoms with Crippen LogP contribution in [0.1, 0.15) is 9.88 Å². The van der Waals surface area contributed by atoms with E-state index >= 15 is 0 Å². The molecule has 4 nitrogen and oxygen atoms in total. The van der Waals surface area contributed by atoms with Crippen LogP contribution in [0.15, 0.2) is 11.7 Å². The molecule has 2 aromatic rings. The number of rotatable bonds is 3. The molecule has 0 saturated carbocycles. The maximum Gasteiger partial charge on any atom is 0.205 e. The molecule has 0 aliphatic carbocycles. The second-order valence-corrected chi connectivity index (χ2v) is 4.60. The quantitative estimate of drug-likeness (QED) is 0.844. The van der Waals surface area contributed by atoms with Crippen LogP contribution in [0.3, 0.4) is 0 Å². The number of anilines is 1. The minimum absolute atomic E-state index is 0.777. The Hall–Kier alpha value is -1.01. The number of thiazole rings is 1. The van der Waals surface area contributed by atoms with Gasteiger partial charge in [0, 0.05) is 11.1 Å². The SMILES string of the molecule is Cc1nnc(NCc2cncs2)s1. The van der Waals surface area contributed by atoms with Gasteiger partial charge in [-0.2, -0.15) is 0 Å². The van der Waals surface area contributed by atoms with Gasteiger partial charge in [-0.15, -0.1) is 21.5 Å². The molecule has 0 aliphatic heterocycles. The van der Waals surface area contributed by atoms with Crippen molar-refractivity contribution >= 4 is 27.8 Å². The van der Waals surface area contributed by atoms with E-state index < -0.39 is 0 Å². The highest BCUT2D eigenvalue weighted by Crippen LogP contribution is 2.15. The zero-order valence-corrected chi connectivity index (χ0v) is 8.65. The minimum Gasteiger partial charge on any atom is -0.355 e. The van der Waals surface area contributed by atoms with Crippen molar-refractivity contribution in [3.8, 4) is 0 Å². The summed E-state index contributed by atoms with van der Waals surface area (Å²) in [4.78, 5) is 5.19. The molecule has 6 heteroatoms. The van der Waals surface area contributed by atoms with Gasteiger partial charge in [0.1, 0.15) is 5.01 Å². The van der Waals surface area contributed by atoms with Gasteiger partial charge in [-0.1, -0.05) is 11.3 Å².